The SMILES string of the molecule is CCCCC=CCCCCCCCCCCCOC(=O)c1ccc(C=Cc2ccc(OC)c(OC)c2OC)cc1. The Labute approximate surface area is 242 Å². The minimum absolute atomic E-state index is 0.266. The smallest absolute Gasteiger partial charge is 0.338 e. The van der Waals surface area contributed by atoms with Gasteiger partial charge in [-0.25, -0.2) is 4.79 Å². The van der Waals surface area contributed by atoms with Crippen molar-refractivity contribution in [3.63, 3.8) is 0 Å². The molecule has 2 aromatic carbocycles. The molecule has 220 valence electrons. The van der Waals surface area contributed by atoms with Crippen LogP contribution in [0.1, 0.15) is 112 Å². The van der Waals surface area contributed by atoms with Crippen LogP contribution in [0.5, 0.6) is 17.2 Å². The van der Waals surface area contributed by atoms with Crippen molar-refractivity contribution < 1.29 is 23.7 Å². The zero-order valence-corrected chi connectivity index (χ0v) is 25.2. The van der Waals surface area contributed by atoms with Gasteiger partial charge in [-0.15, -0.1) is 0 Å². The first-order chi connectivity index (χ1) is 19.6. The number of carbonyl (C=O) groups is 1. The van der Waals surface area contributed by atoms with Crippen LogP contribution >= 0.6 is 0 Å². The van der Waals surface area contributed by atoms with Crippen LogP contribution in [0.25, 0.3) is 12.2 Å². The van der Waals surface area contributed by atoms with Gasteiger partial charge < -0.3 is 18.9 Å². The predicted molar refractivity (Wildman–Crippen MR) is 167 cm³/mol. The maximum Gasteiger partial charge on any atom is 0.338 e. The Bertz CT molecular complexity index is 1020. The number of rotatable bonds is 21. The lowest BCUT2D eigenvalue weighted by atomic mass is 10.1. The van der Waals surface area contributed by atoms with E-state index in [2.05, 4.69) is 19.1 Å². The fraction of sp³-hybridized carbons (Fsp3) is 0.514. The molecule has 0 unspecified atom stereocenters. The van der Waals surface area contributed by atoms with Crippen molar-refractivity contribution in [1.29, 1.82) is 0 Å². The lowest BCUT2D eigenvalue weighted by Gasteiger charge is -2.14. The van der Waals surface area contributed by atoms with E-state index in [9.17, 15) is 4.79 Å². The van der Waals surface area contributed by atoms with Crippen LogP contribution < -0.4 is 14.2 Å². The minimum atomic E-state index is -0.266. The number of ether oxygens (including phenoxy) is 4. The molecule has 0 radical (unpaired) electrons. The first-order valence-corrected chi connectivity index (χ1v) is 15.0. The number of methoxy groups -OCH3 is 3. The van der Waals surface area contributed by atoms with Crippen LogP contribution in [0.4, 0.5) is 0 Å². The Balaban J connectivity index is 1.60. The highest BCUT2D eigenvalue weighted by atomic mass is 16.5. The van der Waals surface area contributed by atoms with Gasteiger partial charge in [-0.2, -0.15) is 0 Å². The Morgan fingerprint density at radius 3 is 1.85 bits per heavy atom. The van der Waals surface area contributed by atoms with Crippen LogP contribution in [0.3, 0.4) is 0 Å². The third-order valence-corrected chi connectivity index (χ3v) is 6.98. The molecule has 0 bridgehead atoms. The number of unbranched alkanes of at least 4 members (excludes halogenated alkanes) is 11. The van der Waals surface area contributed by atoms with E-state index >= 15 is 0 Å². The summed E-state index contributed by atoms with van der Waals surface area (Å²) in [4.78, 5) is 12.4. The highest BCUT2D eigenvalue weighted by molar-refractivity contribution is 5.89. The van der Waals surface area contributed by atoms with Crippen molar-refractivity contribution in [2.45, 2.75) is 90.4 Å². The van der Waals surface area contributed by atoms with Gasteiger partial charge in [-0.3, -0.25) is 0 Å². The monoisotopic (exact) mass is 550 g/mol. The van der Waals surface area contributed by atoms with Crippen LogP contribution in [-0.4, -0.2) is 33.9 Å². The van der Waals surface area contributed by atoms with Crippen molar-refractivity contribution in [1.82, 2.24) is 0 Å². The fourth-order valence-electron chi connectivity index (χ4n) is 4.58. The summed E-state index contributed by atoms with van der Waals surface area (Å²) in [6, 6.07) is 11.2. The van der Waals surface area contributed by atoms with Gasteiger partial charge in [-0.05, 0) is 55.5 Å². The van der Waals surface area contributed by atoms with Gasteiger partial charge >= 0.3 is 5.97 Å². The van der Waals surface area contributed by atoms with E-state index in [1.807, 2.05) is 36.4 Å². The number of benzene rings is 2. The number of hydrogen-bond donors (Lipinski definition) is 0. The first kappa shape index (κ1) is 33.0. The average molecular weight is 551 g/mol. The molecular formula is C35H50O5. The molecule has 0 aromatic heterocycles. The normalized spacial score (nSPS) is 11.3. The molecule has 0 N–H and O–H groups in total. The molecule has 0 fully saturated rings. The van der Waals surface area contributed by atoms with Crippen LogP contribution in [-0.2, 0) is 4.74 Å². The number of hydrogen-bond acceptors (Lipinski definition) is 5. The van der Waals surface area contributed by atoms with Crippen LogP contribution in [0, 0.1) is 0 Å². The Morgan fingerprint density at radius 2 is 1.25 bits per heavy atom. The molecule has 0 spiro atoms. The fourth-order valence-corrected chi connectivity index (χ4v) is 4.58. The van der Waals surface area contributed by atoms with Crippen molar-refractivity contribution >= 4 is 18.1 Å². The summed E-state index contributed by atoms with van der Waals surface area (Å²) in [5.74, 6) is 1.51. The van der Waals surface area contributed by atoms with Crippen molar-refractivity contribution in [3.05, 3.63) is 65.2 Å². The third-order valence-electron chi connectivity index (χ3n) is 6.98. The van der Waals surface area contributed by atoms with Crippen molar-refractivity contribution in [2.75, 3.05) is 27.9 Å². The lowest BCUT2D eigenvalue weighted by molar-refractivity contribution is 0.0497. The summed E-state index contributed by atoms with van der Waals surface area (Å²) in [7, 11) is 4.79. The number of allylic oxidation sites excluding steroid dienone is 2. The Morgan fingerprint density at radius 1 is 0.650 bits per heavy atom. The standard InChI is InChI=1S/C35H50O5/c1-5-6-7-8-9-10-11-12-13-14-15-16-17-18-19-28-40-35(36)31-24-21-29(22-25-31)20-23-30-26-27-32(37-2)34(39-4)33(30)38-3/h8-9,20-27H,5-7,10-19,28H2,1-4H3. The number of carbonyl (C=O) groups excluding carboxylic acids is 1. The molecular weight excluding hydrogens is 500 g/mol. The third kappa shape index (κ3) is 12.3. The molecule has 2 rings (SSSR count). The maximum absolute atomic E-state index is 12.4. The lowest BCUT2D eigenvalue weighted by Crippen LogP contribution is -2.06. The molecule has 5 heteroatoms. The molecule has 0 aliphatic carbocycles. The highest BCUT2D eigenvalue weighted by Crippen LogP contribution is 2.40. The van der Waals surface area contributed by atoms with E-state index < -0.39 is 0 Å². The molecule has 0 atom stereocenters. The summed E-state index contributed by atoms with van der Waals surface area (Å²) in [6.45, 7) is 2.72. The molecule has 0 amide bonds. The summed E-state index contributed by atoms with van der Waals surface area (Å²) in [5.41, 5.74) is 2.40. The molecule has 40 heavy (non-hydrogen) atoms. The summed E-state index contributed by atoms with van der Waals surface area (Å²) >= 11 is 0. The maximum atomic E-state index is 12.4. The van der Waals surface area contributed by atoms with Gasteiger partial charge in [0.25, 0.3) is 0 Å². The zero-order valence-electron chi connectivity index (χ0n) is 25.2. The zero-order chi connectivity index (χ0) is 28.8. The van der Waals surface area contributed by atoms with E-state index in [1.165, 1.54) is 70.6 Å². The van der Waals surface area contributed by atoms with Gasteiger partial charge in [-0.1, -0.05) is 101 Å². The van der Waals surface area contributed by atoms with Gasteiger partial charge in [0.15, 0.2) is 11.5 Å². The summed E-state index contributed by atoms with van der Waals surface area (Å²) < 4.78 is 21.8. The molecule has 0 aliphatic heterocycles. The largest absolute Gasteiger partial charge is 0.493 e. The molecule has 5 nitrogen and oxygen atoms in total. The Kier molecular flexibility index (Phi) is 17.0. The average Bonchev–Trinajstić information content (AvgIpc) is 2.99. The van der Waals surface area contributed by atoms with Gasteiger partial charge in [0, 0.05) is 5.56 Å². The van der Waals surface area contributed by atoms with Crippen molar-refractivity contribution in [3.8, 4) is 17.2 Å². The minimum Gasteiger partial charge on any atom is -0.493 e. The van der Waals surface area contributed by atoms with E-state index in [0.29, 0.717) is 29.4 Å². The van der Waals surface area contributed by atoms with Crippen LogP contribution in [0.2, 0.25) is 0 Å². The van der Waals surface area contributed by atoms with E-state index in [0.717, 1.165) is 24.0 Å². The highest BCUT2D eigenvalue weighted by Gasteiger charge is 2.14. The van der Waals surface area contributed by atoms with E-state index in [-0.39, 0.29) is 5.97 Å². The Hall–Kier alpha value is -3.21. The quantitative estimate of drug-likeness (QED) is 0.0670. The first-order valence-electron chi connectivity index (χ1n) is 15.0. The van der Waals surface area contributed by atoms with Crippen LogP contribution in [0.15, 0.2) is 48.6 Å². The van der Waals surface area contributed by atoms with E-state index in [4.69, 9.17) is 18.9 Å². The second kappa shape index (κ2) is 20.7. The molecule has 0 heterocycles. The number of esters is 1. The van der Waals surface area contributed by atoms with Gasteiger partial charge in [0.2, 0.25) is 5.75 Å². The molecule has 2 aromatic rings. The second-order valence-corrected chi connectivity index (χ2v) is 10.1. The molecule has 0 aliphatic rings. The van der Waals surface area contributed by atoms with E-state index in [1.54, 1.807) is 33.5 Å². The molecule has 0 saturated carbocycles. The van der Waals surface area contributed by atoms with Gasteiger partial charge in [0.1, 0.15) is 0 Å². The van der Waals surface area contributed by atoms with Gasteiger partial charge in [0.05, 0.1) is 33.5 Å². The predicted octanol–water partition coefficient (Wildman–Crippen LogP) is 9.69. The summed E-state index contributed by atoms with van der Waals surface area (Å²) in [5, 5.41) is 0. The van der Waals surface area contributed by atoms with Crippen molar-refractivity contribution in [2.24, 2.45) is 0 Å². The topological polar surface area (TPSA) is 54.0 Å². The molecule has 0 saturated heterocycles. The second-order valence-electron chi connectivity index (χ2n) is 10.1. The summed E-state index contributed by atoms with van der Waals surface area (Å²) in [6.07, 6.45) is 24.9.